The molecule has 2 aromatic carbocycles. The number of rotatable bonds is 5. The zero-order chi connectivity index (χ0) is 17.7. The van der Waals surface area contributed by atoms with Crippen LogP contribution in [-0.4, -0.2) is 37.2 Å². The van der Waals surface area contributed by atoms with E-state index in [9.17, 15) is 14.7 Å². The minimum absolute atomic E-state index is 0.0393. The van der Waals surface area contributed by atoms with Gasteiger partial charge in [0, 0.05) is 25.5 Å². The highest BCUT2D eigenvalue weighted by atomic mass is 16.5. The lowest BCUT2D eigenvalue weighted by Gasteiger charge is -2.15. The molecule has 2 aromatic rings. The van der Waals surface area contributed by atoms with Gasteiger partial charge in [-0.2, -0.15) is 0 Å². The third kappa shape index (κ3) is 4.49. The molecule has 1 atom stereocenters. The maximum atomic E-state index is 12.1. The van der Waals surface area contributed by atoms with Crippen LogP contribution in [0, 0.1) is 0 Å². The van der Waals surface area contributed by atoms with Gasteiger partial charge in [-0.1, -0.05) is 6.07 Å². The van der Waals surface area contributed by atoms with Crippen molar-refractivity contribution in [1.82, 2.24) is 0 Å². The largest absolute Gasteiger partial charge is 0.508 e. The van der Waals surface area contributed by atoms with Crippen molar-refractivity contribution in [2.45, 2.75) is 13.0 Å². The van der Waals surface area contributed by atoms with Gasteiger partial charge in [0.2, 0.25) is 0 Å². The maximum absolute atomic E-state index is 12.1. The highest BCUT2D eigenvalue weighted by molar-refractivity contribution is 5.97. The molecule has 2 N–H and O–H groups in total. The molecule has 6 nitrogen and oxygen atoms in total. The number of nitrogens with one attached hydrogen (secondary N) is 1. The summed E-state index contributed by atoms with van der Waals surface area (Å²) >= 11 is 0. The summed E-state index contributed by atoms with van der Waals surface area (Å²) in [6.45, 7) is 1.49. The SMILES string of the molecule is C[C@H](OC(=O)c1cccc(O)c1)C(=O)Nc1ccc(N(C)C)cc1. The first-order valence-corrected chi connectivity index (χ1v) is 7.45. The van der Waals surface area contributed by atoms with E-state index in [2.05, 4.69) is 5.32 Å². The number of hydrogen-bond acceptors (Lipinski definition) is 5. The van der Waals surface area contributed by atoms with Crippen LogP contribution in [0.5, 0.6) is 5.75 Å². The number of hydrogen-bond donors (Lipinski definition) is 2. The van der Waals surface area contributed by atoms with E-state index in [0.717, 1.165) is 5.69 Å². The highest BCUT2D eigenvalue weighted by Gasteiger charge is 2.19. The lowest BCUT2D eigenvalue weighted by Crippen LogP contribution is -2.30. The lowest BCUT2D eigenvalue weighted by atomic mass is 10.2. The molecule has 0 bridgehead atoms. The van der Waals surface area contributed by atoms with Gasteiger partial charge in [-0.05, 0) is 49.4 Å². The van der Waals surface area contributed by atoms with E-state index in [1.165, 1.54) is 31.2 Å². The number of nitrogens with zero attached hydrogens (tertiary/aromatic N) is 1. The van der Waals surface area contributed by atoms with Gasteiger partial charge in [0.25, 0.3) is 5.91 Å². The molecule has 0 aliphatic rings. The van der Waals surface area contributed by atoms with E-state index in [0.29, 0.717) is 5.69 Å². The Kier molecular flexibility index (Phi) is 5.42. The smallest absolute Gasteiger partial charge is 0.339 e. The third-order valence-corrected chi connectivity index (χ3v) is 3.39. The molecule has 6 heteroatoms. The van der Waals surface area contributed by atoms with Crippen molar-refractivity contribution < 1.29 is 19.4 Å². The van der Waals surface area contributed by atoms with E-state index in [1.807, 2.05) is 31.1 Å². The number of anilines is 2. The first kappa shape index (κ1) is 17.3. The Morgan fingerprint density at radius 3 is 2.38 bits per heavy atom. The van der Waals surface area contributed by atoms with Crippen LogP contribution >= 0.6 is 0 Å². The minimum atomic E-state index is -0.964. The summed E-state index contributed by atoms with van der Waals surface area (Å²) in [6, 6.07) is 13.1. The molecule has 24 heavy (non-hydrogen) atoms. The van der Waals surface area contributed by atoms with E-state index in [1.54, 1.807) is 12.1 Å². The van der Waals surface area contributed by atoms with Gasteiger partial charge in [0.1, 0.15) is 5.75 Å². The quantitative estimate of drug-likeness (QED) is 0.825. The molecule has 0 saturated carbocycles. The molecule has 0 spiro atoms. The van der Waals surface area contributed by atoms with Crippen LogP contribution in [-0.2, 0) is 9.53 Å². The summed E-state index contributed by atoms with van der Waals surface area (Å²) in [6.07, 6.45) is -0.964. The molecule has 0 heterocycles. The van der Waals surface area contributed by atoms with Crippen molar-refractivity contribution in [3.05, 3.63) is 54.1 Å². The Bertz CT molecular complexity index is 726. The summed E-state index contributed by atoms with van der Waals surface area (Å²) in [5.74, 6) is -1.14. The number of carbonyl (C=O) groups excluding carboxylic acids is 2. The van der Waals surface area contributed by atoms with Gasteiger partial charge < -0.3 is 20.1 Å². The monoisotopic (exact) mass is 328 g/mol. The molecule has 0 unspecified atom stereocenters. The number of esters is 1. The van der Waals surface area contributed by atoms with Gasteiger partial charge in [0.05, 0.1) is 5.56 Å². The average Bonchev–Trinajstić information content (AvgIpc) is 2.55. The molecule has 2 rings (SSSR count). The van der Waals surface area contributed by atoms with Crippen molar-refractivity contribution in [2.75, 3.05) is 24.3 Å². The molecule has 0 saturated heterocycles. The second kappa shape index (κ2) is 7.50. The second-order valence-electron chi connectivity index (χ2n) is 5.53. The summed E-state index contributed by atoms with van der Waals surface area (Å²) < 4.78 is 5.12. The zero-order valence-electron chi connectivity index (χ0n) is 13.8. The first-order chi connectivity index (χ1) is 11.4. The minimum Gasteiger partial charge on any atom is -0.508 e. The predicted molar refractivity (Wildman–Crippen MR) is 92.4 cm³/mol. The molecule has 126 valence electrons. The third-order valence-electron chi connectivity index (χ3n) is 3.39. The topological polar surface area (TPSA) is 78.9 Å². The Labute approximate surface area is 140 Å². The molecular weight excluding hydrogens is 308 g/mol. The first-order valence-electron chi connectivity index (χ1n) is 7.45. The van der Waals surface area contributed by atoms with E-state index in [4.69, 9.17) is 4.74 Å². The van der Waals surface area contributed by atoms with Crippen molar-refractivity contribution in [2.24, 2.45) is 0 Å². The van der Waals surface area contributed by atoms with Crippen LogP contribution in [0.4, 0.5) is 11.4 Å². The fourth-order valence-corrected chi connectivity index (χ4v) is 2.00. The van der Waals surface area contributed by atoms with Crippen LogP contribution < -0.4 is 10.2 Å². The van der Waals surface area contributed by atoms with E-state index in [-0.39, 0.29) is 11.3 Å². The average molecular weight is 328 g/mol. The van der Waals surface area contributed by atoms with Gasteiger partial charge in [-0.15, -0.1) is 0 Å². The van der Waals surface area contributed by atoms with Crippen molar-refractivity contribution in [3.8, 4) is 5.75 Å². The van der Waals surface area contributed by atoms with Crippen LogP contribution in [0.2, 0.25) is 0 Å². The summed E-state index contributed by atoms with van der Waals surface area (Å²) in [5.41, 5.74) is 1.81. The fraction of sp³-hybridized carbons (Fsp3) is 0.222. The number of benzene rings is 2. The normalized spacial score (nSPS) is 11.5. The lowest BCUT2D eigenvalue weighted by molar-refractivity contribution is -0.123. The summed E-state index contributed by atoms with van der Waals surface area (Å²) in [4.78, 5) is 26.0. The van der Waals surface area contributed by atoms with Crippen LogP contribution in [0.1, 0.15) is 17.3 Å². The standard InChI is InChI=1S/C18H20N2O4/c1-12(24-18(23)13-5-4-6-16(21)11-13)17(22)19-14-7-9-15(10-8-14)20(2)3/h4-12,21H,1-3H3,(H,19,22)/t12-/m0/s1. The van der Waals surface area contributed by atoms with Gasteiger partial charge in [0.15, 0.2) is 6.10 Å². The van der Waals surface area contributed by atoms with Gasteiger partial charge >= 0.3 is 5.97 Å². The number of phenols is 1. The number of ether oxygens (including phenoxy) is 1. The number of phenolic OH excluding ortho intramolecular Hbond substituents is 1. The van der Waals surface area contributed by atoms with Gasteiger partial charge in [-0.3, -0.25) is 4.79 Å². The Hall–Kier alpha value is -3.02. The van der Waals surface area contributed by atoms with Crippen LogP contribution in [0.3, 0.4) is 0 Å². The van der Waals surface area contributed by atoms with Crippen LogP contribution in [0.15, 0.2) is 48.5 Å². The Balaban J connectivity index is 1.95. The van der Waals surface area contributed by atoms with Crippen molar-refractivity contribution >= 4 is 23.3 Å². The van der Waals surface area contributed by atoms with Crippen molar-refractivity contribution in [1.29, 1.82) is 0 Å². The molecule has 0 fully saturated rings. The Morgan fingerprint density at radius 1 is 1.12 bits per heavy atom. The molecule has 0 aliphatic heterocycles. The number of aromatic hydroxyl groups is 1. The number of carbonyl (C=O) groups is 2. The number of amides is 1. The second-order valence-corrected chi connectivity index (χ2v) is 5.53. The van der Waals surface area contributed by atoms with Crippen LogP contribution in [0.25, 0.3) is 0 Å². The summed E-state index contributed by atoms with van der Waals surface area (Å²) in [7, 11) is 3.85. The molecule has 1 amide bonds. The van der Waals surface area contributed by atoms with Crippen molar-refractivity contribution in [3.63, 3.8) is 0 Å². The highest BCUT2D eigenvalue weighted by Crippen LogP contribution is 2.17. The summed E-state index contributed by atoms with van der Waals surface area (Å²) in [5, 5.41) is 12.1. The molecule has 0 aromatic heterocycles. The van der Waals surface area contributed by atoms with E-state index < -0.39 is 18.0 Å². The molecule has 0 aliphatic carbocycles. The fourth-order valence-electron chi connectivity index (χ4n) is 2.00. The Morgan fingerprint density at radius 2 is 1.79 bits per heavy atom. The molecule has 0 radical (unpaired) electrons. The zero-order valence-corrected chi connectivity index (χ0v) is 13.8. The maximum Gasteiger partial charge on any atom is 0.339 e. The predicted octanol–water partition coefficient (Wildman–Crippen LogP) is 2.64. The van der Waals surface area contributed by atoms with E-state index >= 15 is 0 Å². The van der Waals surface area contributed by atoms with Gasteiger partial charge in [-0.25, -0.2) is 4.79 Å². The molecular formula is C18H20N2O4.